The number of nitro groups is 1. The van der Waals surface area contributed by atoms with Crippen LogP contribution < -0.4 is 5.32 Å². The zero-order chi connectivity index (χ0) is 18.4. The SMILES string of the molecule is CCCC(CNC(=O)c1ccn(-c2cccc([N+](=O)[O-])c2)n1)C(=O)O. The van der Waals surface area contributed by atoms with Crippen molar-refractivity contribution in [3.63, 3.8) is 0 Å². The van der Waals surface area contributed by atoms with Gasteiger partial charge >= 0.3 is 5.97 Å². The number of carbonyl (C=O) groups is 2. The highest BCUT2D eigenvalue weighted by atomic mass is 16.6. The first kappa shape index (κ1) is 18.1. The molecule has 1 atom stereocenters. The van der Waals surface area contributed by atoms with Crippen LogP contribution in [0.2, 0.25) is 0 Å². The second kappa shape index (κ2) is 8.04. The second-order valence-electron chi connectivity index (χ2n) is 5.46. The van der Waals surface area contributed by atoms with Gasteiger partial charge in [-0.2, -0.15) is 5.10 Å². The minimum absolute atomic E-state index is 0.0195. The molecule has 0 aliphatic carbocycles. The highest BCUT2D eigenvalue weighted by molar-refractivity contribution is 5.92. The van der Waals surface area contributed by atoms with Crippen molar-refractivity contribution in [3.8, 4) is 5.69 Å². The van der Waals surface area contributed by atoms with Crippen molar-refractivity contribution in [2.24, 2.45) is 5.92 Å². The normalized spacial score (nSPS) is 11.7. The summed E-state index contributed by atoms with van der Waals surface area (Å²) in [4.78, 5) is 33.5. The van der Waals surface area contributed by atoms with Gasteiger partial charge in [-0.05, 0) is 18.6 Å². The molecule has 9 nitrogen and oxygen atoms in total. The summed E-state index contributed by atoms with van der Waals surface area (Å²) in [6.07, 6.45) is 2.68. The number of carboxylic acids is 1. The van der Waals surface area contributed by atoms with Crippen molar-refractivity contribution >= 4 is 17.6 Å². The lowest BCUT2D eigenvalue weighted by Gasteiger charge is -2.11. The van der Waals surface area contributed by atoms with Crippen LogP contribution in [-0.2, 0) is 4.79 Å². The predicted octanol–water partition coefficient (Wildman–Crippen LogP) is 2.01. The van der Waals surface area contributed by atoms with Crippen molar-refractivity contribution in [2.45, 2.75) is 19.8 Å². The minimum atomic E-state index is -0.954. The van der Waals surface area contributed by atoms with Gasteiger partial charge in [-0.1, -0.05) is 19.4 Å². The molecule has 0 fully saturated rings. The molecule has 0 saturated heterocycles. The molecule has 1 unspecified atom stereocenters. The van der Waals surface area contributed by atoms with Crippen LogP contribution in [0, 0.1) is 16.0 Å². The molecule has 0 spiro atoms. The molecule has 0 aliphatic rings. The number of aliphatic carboxylic acids is 1. The van der Waals surface area contributed by atoms with Gasteiger partial charge in [0.05, 0.1) is 16.5 Å². The third-order valence-corrected chi connectivity index (χ3v) is 3.62. The first-order valence-electron chi connectivity index (χ1n) is 7.74. The van der Waals surface area contributed by atoms with Crippen molar-refractivity contribution < 1.29 is 19.6 Å². The molecule has 1 aromatic carbocycles. The molecule has 2 rings (SSSR count). The van der Waals surface area contributed by atoms with E-state index in [1.807, 2.05) is 6.92 Å². The maximum absolute atomic E-state index is 12.1. The Hall–Kier alpha value is -3.23. The fourth-order valence-corrected chi connectivity index (χ4v) is 2.31. The van der Waals surface area contributed by atoms with Crippen LogP contribution in [0.15, 0.2) is 36.5 Å². The molecule has 1 amide bonds. The Kier molecular flexibility index (Phi) is 5.83. The molecule has 25 heavy (non-hydrogen) atoms. The number of nitro benzene ring substituents is 1. The quantitative estimate of drug-likeness (QED) is 0.556. The number of aromatic nitrogens is 2. The standard InChI is InChI=1S/C16H18N4O5/c1-2-4-11(16(22)23)10-17-15(21)14-7-8-19(18-14)12-5-3-6-13(9-12)20(24)25/h3,5-9,11H,2,4,10H2,1H3,(H,17,21)(H,22,23). The summed E-state index contributed by atoms with van der Waals surface area (Å²) in [7, 11) is 0. The van der Waals surface area contributed by atoms with Crippen molar-refractivity contribution in [1.29, 1.82) is 0 Å². The summed E-state index contributed by atoms with van der Waals surface area (Å²) in [5, 5.41) is 26.5. The summed E-state index contributed by atoms with van der Waals surface area (Å²) < 4.78 is 1.35. The third-order valence-electron chi connectivity index (χ3n) is 3.62. The third kappa shape index (κ3) is 4.63. The molecule has 2 N–H and O–H groups in total. The number of carboxylic acid groups (broad SMARTS) is 1. The van der Waals surface area contributed by atoms with E-state index in [1.165, 1.54) is 35.1 Å². The molecule has 1 aromatic heterocycles. The predicted molar refractivity (Wildman–Crippen MR) is 88.6 cm³/mol. The Morgan fingerprint density at radius 1 is 1.40 bits per heavy atom. The summed E-state index contributed by atoms with van der Waals surface area (Å²) in [6, 6.07) is 7.32. The smallest absolute Gasteiger partial charge is 0.308 e. The van der Waals surface area contributed by atoms with Crippen LogP contribution in [0.5, 0.6) is 0 Å². The second-order valence-corrected chi connectivity index (χ2v) is 5.46. The number of non-ortho nitro benzene ring substituents is 1. The number of carbonyl (C=O) groups excluding carboxylic acids is 1. The number of nitrogens with one attached hydrogen (secondary N) is 1. The van der Waals surface area contributed by atoms with E-state index in [4.69, 9.17) is 5.11 Å². The summed E-state index contributed by atoms with van der Waals surface area (Å²) in [5.41, 5.74) is 0.470. The van der Waals surface area contributed by atoms with Crippen LogP contribution >= 0.6 is 0 Å². The van der Waals surface area contributed by atoms with Gasteiger partial charge in [0.15, 0.2) is 5.69 Å². The van der Waals surface area contributed by atoms with E-state index in [1.54, 1.807) is 6.07 Å². The zero-order valence-electron chi connectivity index (χ0n) is 13.6. The number of amides is 1. The molecule has 0 aliphatic heterocycles. The molecular weight excluding hydrogens is 328 g/mol. The first-order valence-corrected chi connectivity index (χ1v) is 7.74. The summed E-state index contributed by atoms with van der Waals surface area (Å²) >= 11 is 0. The molecule has 9 heteroatoms. The van der Waals surface area contributed by atoms with Gasteiger partial charge in [-0.3, -0.25) is 19.7 Å². The van der Waals surface area contributed by atoms with Crippen LogP contribution in [0.1, 0.15) is 30.3 Å². The van der Waals surface area contributed by atoms with E-state index in [0.29, 0.717) is 18.5 Å². The van der Waals surface area contributed by atoms with Gasteiger partial charge in [0.25, 0.3) is 11.6 Å². The number of hydrogen-bond acceptors (Lipinski definition) is 5. The van der Waals surface area contributed by atoms with E-state index in [2.05, 4.69) is 10.4 Å². The van der Waals surface area contributed by atoms with Crippen LogP contribution in [0.4, 0.5) is 5.69 Å². The minimum Gasteiger partial charge on any atom is -0.481 e. The van der Waals surface area contributed by atoms with Gasteiger partial charge in [0.1, 0.15) is 0 Å². The topological polar surface area (TPSA) is 127 Å². The highest BCUT2D eigenvalue weighted by Crippen LogP contribution is 2.16. The molecule has 0 saturated carbocycles. The molecule has 0 bridgehead atoms. The van der Waals surface area contributed by atoms with Gasteiger partial charge in [0.2, 0.25) is 0 Å². The summed E-state index contributed by atoms with van der Waals surface area (Å²) in [6.45, 7) is 1.89. The molecule has 0 radical (unpaired) electrons. The lowest BCUT2D eigenvalue weighted by Crippen LogP contribution is -2.33. The number of nitrogens with zero attached hydrogens (tertiary/aromatic N) is 3. The van der Waals surface area contributed by atoms with Crippen molar-refractivity contribution in [1.82, 2.24) is 15.1 Å². The summed E-state index contributed by atoms with van der Waals surface area (Å²) in [5.74, 6) is -2.09. The Balaban J connectivity index is 2.07. The lowest BCUT2D eigenvalue weighted by molar-refractivity contribution is -0.384. The van der Waals surface area contributed by atoms with Gasteiger partial charge in [0, 0.05) is 24.9 Å². The first-order chi connectivity index (χ1) is 11.9. The molecule has 132 valence electrons. The fraction of sp³-hybridized carbons (Fsp3) is 0.312. The van der Waals surface area contributed by atoms with E-state index in [-0.39, 0.29) is 17.9 Å². The fourth-order valence-electron chi connectivity index (χ4n) is 2.31. The van der Waals surface area contributed by atoms with E-state index in [0.717, 1.165) is 0 Å². The van der Waals surface area contributed by atoms with Gasteiger partial charge < -0.3 is 10.4 Å². The van der Waals surface area contributed by atoms with E-state index >= 15 is 0 Å². The highest BCUT2D eigenvalue weighted by Gasteiger charge is 2.19. The van der Waals surface area contributed by atoms with E-state index in [9.17, 15) is 19.7 Å². The van der Waals surface area contributed by atoms with Gasteiger partial charge in [-0.15, -0.1) is 0 Å². The van der Waals surface area contributed by atoms with Crippen LogP contribution in [0.3, 0.4) is 0 Å². The van der Waals surface area contributed by atoms with Gasteiger partial charge in [-0.25, -0.2) is 4.68 Å². The number of rotatable bonds is 8. The molecule has 1 heterocycles. The Morgan fingerprint density at radius 3 is 2.80 bits per heavy atom. The number of benzene rings is 1. The van der Waals surface area contributed by atoms with Crippen molar-refractivity contribution in [2.75, 3.05) is 6.54 Å². The van der Waals surface area contributed by atoms with E-state index < -0.39 is 22.7 Å². The molecular formula is C16H18N4O5. The van der Waals surface area contributed by atoms with Crippen molar-refractivity contribution in [3.05, 3.63) is 52.3 Å². The van der Waals surface area contributed by atoms with Crippen LogP contribution in [-0.4, -0.2) is 38.2 Å². The van der Waals surface area contributed by atoms with Crippen LogP contribution in [0.25, 0.3) is 5.69 Å². The maximum Gasteiger partial charge on any atom is 0.308 e. The Labute approximate surface area is 143 Å². The molecule has 2 aromatic rings. The average molecular weight is 346 g/mol. The maximum atomic E-state index is 12.1. The average Bonchev–Trinajstić information content (AvgIpc) is 3.08. The zero-order valence-corrected chi connectivity index (χ0v) is 13.6. The Bertz CT molecular complexity index is 786. The number of hydrogen-bond donors (Lipinski definition) is 2. The monoisotopic (exact) mass is 346 g/mol. The lowest BCUT2D eigenvalue weighted by atomic mass is 10.0. The largest absolute Gasteiger partial charge is 0.481 e. The Morgan fingerprint density at radius 2 is 2.16 bits per heavy atom.